The van der Waals surface area contributed by atoms with Crippen LogP contribution in [0.4, 0.5) is 0 Å². The summed E-state index contributed by atoms with van der Waals surface area (Å²) in [5.74, 6) is -3.16. The smallest absolute Gasteiger partial charge is 0.337 e. The maximum Gasteiger partial charge on any atom is 0.337 e. The Kier molecular flexibility index (Phi) is 6.90. The summed E-state index contributed by atoms with van der Waals surface area (Å²) < 4.78 is 10.5. The first-order valence-corrected chi connectivity index (χ1v) is 10.9. The summed E-state index contributed by atoms with van der Waals surface area (Å²) in [5, 5.41) is 3.80. The van der Waals surface area contributed by atoms with Crippen molar-refractivity contribution >= 4 is 29.3 Å². The van der Waals surface area contributed by atoms with Crippen molar-refractivity contribution in [3.63, 3.8) is 0 Å². The Hall–Kier alpha value is -2.60. The van der Waals surface area contributed by atoms with E-state index in [1.165, 1.54) is 7.11 Å². The number of methoxy groups -OCH3 is 1. The van der Waals surface area contributed by atoms with Crippen LogP contribution in [0.3, 0.4) is 0 Å². The van der Waals surface area contributed by atoms with Crippen molar-refractivity contribution < 1.29 is 23.9 Å². The number of carbonyl (C=O) groups is 3. The molecule has 2 aliphatic rings. The molecule has 1 aromatic rings. The van der Waals surface area contributed by atoms with Crippen LogP contribution in [0.1, 0.15) is 52.0 Å². The van der Waals surface area contributed by atoms with Gasteiger partial charge in [-0.25, -0.2) is 4.79 Å². The van der Waals surface area contributed by atoms with Gasteiger partial charge in [0.05, 0.1) is 18.8 Å². The second-order valence-corrected chi connectivity index (χ2v) is 8.65. The van der Waals surface area contributed by atoms with Gasteiger partial charge in [0.1, 0.15) is 5.92 Å². The van der Waals surface area contributed by atoms with Crippen LogP contribution in [-0.4, -0.2) is 30.9 Å². The fourth-order valence-corrected chi connectivity index (χ4v) is 4.40. The van der Waals surface area contributed by atoms with E-state index in [0.717, 1.165) is 11.3 Å². The minimum absolute atomic E-state index is 0.224. The number of esters is 2. The van der Waals surface area contributed by atoms with Crippen molar-refractivity contribution in [3.8, 4) is 0 Å². The average molecular weight is 446 g/mol. The van der Waals surface area contributed by atoms with E-state index in [1.807, 2.05) is 20.8 Å². The molecule has 1 N–H and O–H groups in total. The number of benzene rings is 1. The summed E-state index contributed by atoms with van der Waals surface area (Å²) in [6.07, 6.45) is 0.904. The summed E-state index contributed by atoms with van der Waals surface area (Å²) in [6.45, 7) is 7.42. The quantitative estimate of drug-likeness (QED) is 0.537. The van der Waals surface area contributed by atoms with Gasteiger partial charge in [0.15, 0.2) is 5.78 Å². The molecule has 1 aromatic carbocycles. The van der Waals surface area contributed by atoms with Crippen LogP contribution in [0, 0.1) is 11.8 Å². The van der Waals surface area contributed by atoms with Crippen LogP contribution in [0.25, 0.3) is 0 Å². The highest BCUT2D eigenvalue weighted by molar-refractivity contribution is 6.30. The summed E-state index contributed by atoms with van der Waals surface area (Å²) >= 11 is 6.08. The Balaban J connectivity index is 2.15. The molecule has 0 fully saturated rings. The lowest BCUT2D eigenvalue weighted by molar-refractivity contribution is -0.151. The third-order valence-corrected chi connectivity index (χ3v) is 6.30. The Morgan fingerprint density at radius 3 is 2.48 bits per heavy atom. The number of ketones is 1. The van der Waals surface area contributed by atoms with Gasteiger partial charge in [0.2, 0.25) is 0 Å². The third-order valence-electron chi connectivity index (χ3n) is 6.05. The molecule has 7 heteroatoms. The van der Waals surface area contributed by atoms with Crippen LogP contribution in [-0.2, 0) is 23.9 Å². The van der Waals surface area contributed by atoms with E-state index >= 15 is 0 Å². The van der Waals surface area contributed by atoms with Crippen molar-refractivity contribution in [1.82, 2.24) is 5.32 Å². The maximum atomic E-state index is 13.6. The van der Waals surface area contributed by atoms with E-state index in [1.54, 1.807) is 31.2 Å². The number of ether oxygens (including phenoxy) is 2. The van der Waals surface area contributed by atoms with Gasteiger partial charge in [-0.15, -0.1) is 0 Å². The zero-order valence-electron chi connectivity index (χ0n) is 18.5. The molecule has 0 saturated carbocycles. The predicted octanol–water partition coefficient (Wildman–Crippen LogP) is 4.29. The lowest BCUT2D eigenvalue weighted by Gasteiger charge is -2.38. The Bertz CT molecular complexity index is 963. The van der Waals surface area contributed by atoms with Crippen LogP contribution < -0.4 is 5.32 Å². The first-order valence-electron chi connectivity index (χ1n) is 10.5. The lowest BCUT2D eigenvalue weighted by Crippen LogP contribution is -2.43. The Labute approximate surface area is 187 Å². The van der Waals surface area contributed by atoms with E-state index in [9.17, 15) is 14.4 Å². The highest BCUT2D eigenvalue weighted by Gasteiger charge is 2.47. The van der Waals surface area contributed by atoms with Crippen LogP contribution in [0.15, 0.2) is 46.8 Å². The number of carbonyl (C=O) groups excluding carboxylic acids is 3. The first kappa shape index (κ1) is 23.1. The van der Waals surface area contributed by atoms with Gasteiger partial charge in [-0.1, -0.05) is 37.6 Å². The molecule has 0 amide bonds. The lowest BCUT2D eigenvalue weighted by atomic mass is 9.69. The third kappa shape index (κ3) is 4.40. The SMILES string of the molecule is CC[C@@H](C)OC(=O)C1=C(C)NC2=C(C(=O)[C@H](C(=O)OC)[C@@H](C)C2)[C@@H]1c1ccc(Cl)cc1. The number of rotatable bonds is 5. The van der Waals surface area contributed by atoms with E-state index < -0.39 is 23.8 Å². The monoisotopic (exact) mass is 445 g/mol. The number of Topliss-reactive ketones (excluding diaryl/α,β-unsaturated/α-hetero) is 1. The Morgan fingerprint density at radius 1 is 1.26 bits per heavy atom. The molecule has 6 nitrogen and oxygen atoms in total. The van der Waals surface area contributed by atoms with Crippen molar-refractivity contribution in [2.75, 3.05) is 7.11 Å². The van der Waals surface area contributed by atoms with Crippen LogP contribution >= 0.6 is 11.6 Å². The molecule has 0 bridgehead atoms. The molecule has 0 radical (unpaired) electrons. The standard InChI is InChI=1S/C24H28ClNO5/c1-6-13(3)31-24(29)19-14(4)26-17-11-12(2)18(23(28)30-5)22(27)21(17)20(19)15-7-9-16(25)10-8-15/h7-10,12-13,18,20,26H,6,11H2,1-5H3/t12-,13+,18+,20+/m0/s1. The topological polar surface area (TPSA) is 81.7 Å². The largest absolute Gasteiger partial charge is 0.468 e. The van der Waals surface area contributed by atoms with E-state index in [-0.39, 0.29) is 17.8 Å². The van der Waals surface area contributed by atoms with Gasteiger partial charge in [-0.2, -0.15) is 0 Å². The number of allylic oxidation sites excluding steroid dienone is 3. The number of nitrogens with one attached hydrogen (secondary N) is 1. The fraction of sp³-hybridized carbons (Fsp3) is 0.458. The van der Waals surface area contributed by atoms with Crippen molar-refractivity contribution in [2.24, 2.45) is 11.8 Å². The molecule has 0 saturated heterocycles. The second-order valence-electron chi connectivity index (χ2n) is 8.21. The van der Waals surface area contributed by atoms with Crippen molar-refractivity contribution in [3.05, 3.63) is 57.4 Å². The first-order chi connectivity index (χ1) is 14.7. The van der Waals surface area contributed by atoms with Gasteiger partial charge in [0.25, 0.3) is 0 Å². The minimum atomic E-state index is -0.911. The molecule has 0 aromatic heterocycles. The summed E-state index contributed by atoms with van der Waals surface area (Å²) in [6, 6.07) is 7.04. The minimum Gasteiger partial charge on any atom is -0.468 e. The number of hydrogen-bond acceptors (Lipinski definition) is 6. The molecule has 0 spiro atoms. The van der Waals surface area contributed by atoms with Gasteiger partial charge >= 0.3 is 11.9 Å². The van der Waals surface area contributed by atoms with Crippen LogP contribution in [0.2, 0.25) is 5.02 Å². The highest BCUT2D eigenvalue weighted by atomic mass is 35.5. The predicted molar refractivity (Wildman–Crippen MR) is 117 cm³/mol. The zero-order chi connectivity index (χ0) is 22.9. The molecular formula is C24H28ClNO5. The van der Waals surface area contributed by atoms with Gasteiger partial charge < -0.3 is 14.8 Å². The number of hydrogen-bond donors (Lipinski definition) is 1. The molecule has 1 heterocycles. The maximum absolute atomic E-state index is 13.6. The number of halogens is 1. The van der Waals surface area contributed by atoms with E-state index in [2.05, 4.69) is 5.32 Å². The van der Waals surface area contributed by atoms with E-state index in [4.69, 9.17) is 21.1 Å². The number of dihydropyridines is 1. The van der Waals surface area contributed by atoms with Crippen LogP contribution in [0.5, 0.6) is 0 Å². The molecule has 31 heavy (non-hydrogen) atoms. The summed E-state index contributed by atoms with van der Waals surface area (Å²) in [5.41, 5.74) is 2.89. The Morgan fingerprint density at radius 2 is 1.90 bits per heavy atom. The van der Waals surface area contributed by atoms with Crippen molar-refractivity contribution in [2.45, 2.75) is 52.6 Å². The molecule has 4 atom stereocenters. The van der Waals surface area contributed by atoms with Gasteiger partial charge in [-0.3, -0.25) is 9.59 Å². The molecule has 1 aliphatic carbocycles. The van der Waals surface area contributed by atoms with Gasteiger partial charge in [-0.05, 0) is 50.3 Å². The molecule has 166 valence electrons. The highest BCUT2D eigenvalue weighted by Crippen LogP contribution is 2.45. The molecule has 3 rings (SSSR count). The molecular weight excluding hydrogens is 418 g/mol. The average Bonchev–Trinajstić information content (AvgIpc) is 2.72. The zero-order valence-corrected chi connectivity index (χ0v) is 19.2. The molecule has 0 unspecified atom stereocenters. The molecule has 1 aliphatic heterocycles. The summed E-state index contributed by atoms with van der Waals surface area (Å²) in [7, 11) is 1.28. The summed E-state index contributed by atoms with van der Waals surface area (Å²) in [4.78, 5) is 39.2. The fourth-order valence-electron chi connectivity index (χ4n) is 4.27. The second kappa shape index (κ2) is 9.27. The van der Waals surface area contributed by atoms with Crippen molar-refractivity contribution in [1.29, 1.82) is 0 Å². The normalized spacial score (nSPS) is 24.3. The van der Waals surface area contributed by atoms with Gasteiger partial charge in [0, 0.05) is 27.9 Å². The van der Waals surface area contributed by atoms with E-state index in [0.29, 0.717) is 34.7 Å².